The van der Waals surface area contributed by atoms with E-state index in [0.717, 1.165) is 27.5 Å². The molecular weight excluding hydrogens is 360 g/mol. The van der Waals surface area contributed by atoms with E-state index < -0.39 is 0 Å². The Labute approximate surface area is 161 Å². The topological polar surface area (TPSA) is 96.0 Å². The Hall–Kier alpha value is -3.31. The van der Waals surface area contributed by atoms with Crippen LogP contribution in [0.2, 0.25) is 0 Å². The van der Waals surface area contributed by atoms with E-state index in [4.69, 9.17) is 5.26 Å². The second kappa shape index (κ2) is 8.87. The Morgan fingerprint density at radius 1 is 1.41 bits per heavy atom. The summed E-state index contributed by atoms with van der Waals surface area (Å²) in [5.41, 5.74) is 5.72. The number of nitrogens with zero attached hydrogens (tertiary/aromatic N) is 5. The Morgan fingerprint density at radius 3 is 2.93 bits per heavy atom. The van der Waals surface area contributed by atoms with Gasteiger partial charge in [0.15, 0.2) is 0 Å². The van der Waals surface area contributed by atoms with Gasteiger partial charge in [-0.05, 0) is 6.92 Å². The van der Waals surface area contributed by atoms with Gasteiger partial charge in [-0.2, -0.15) is 15.5 Å². The van der Waals surface area contributed by atoms with Crippen molar-refractivity contribution in [3.63, 3.8) is 0 Å². The molecule has 0 saturated carbocycles. The van der Waals surface area contributed by atoms with Gasteiger partial charge in [0.05, 0.1) is 42.4 Å². The zero-order valence-corrected chi connectivity index (χ0v) is 15.6. The first-order valence-corrected chi connectivity index (χ1v) is 9.26. The molecule has 3 aromatic rings. The summed E-state index contributed by atoms with van der Waals surface area (Å²) in [5.74, 6) is -0.227. The molecule has 0 aliphatic carbocycles. The number of aryl methyl sites for hydroxylation is 2. The third kappa shape index (κ3) is 5.09. The van der Waals surface area contributed by atoms with Gasteiger partial charge < -0.3 is 0 Å². The lowest BCUT2D eigenvalue weighted by Crippen LogP contribution is -2.19. The number of thiazole rings is 1. The highest BCUT2D eigenvalue weighted by Gasteiger charge is 2.10. The molecule has 2 heterocycles. The van der Waals surface area contributed by atoms with E-state index >= 15 is 0 Å². The Kier molecular flexibility index (Phi) is 6.07. The highest BCUT2D eigenvalue weighted by Crippen LogP contribution is 2.20. The molecule has 0 atom stereocenters. The number of hydrazone groups is 1. The fourth-order valence-corrected chi connectivity index (χ4v) is 3.11. The van der Waals surface area contributed by atoms with Crippen LogP contribution >= 0.6 is 11.3 Å². The normalized spacial score (nSPS) is 10.8. The number of hydrogen-bond acceptors (Lipinski definition) is 6. The predicted octanol–water partition coefficient (Wildman–Crippen LogP) is 2.92. The van der Waals surface area contributed by atoms with E-state index in [-0.39, 0.29) is 12.3 Å². The van der Waals surface area contributed by atoms with Gasteiger partial charge in [-0.25, -0.2) is 10.4 Å². The van der Waals surface area contributed by atoms with E-state index in [2.05, 4.69) is 26.7 Å². The van der Waals surface area contributed by atoms with Crippen LogP contribution in [0.3, 0.4) is 0 Å². The van der Waals surface area contributed by atoms with Crippen LogP contribution in [0.4, 0.5) is 0 Å². The number of nitrogens with one attached hydrogen (secondary N) is 1. The summed E-state index contributed by atoms with van der Waals surface area (Å²) in [6.07, 6.45) is 3.95. The van der Waals surface area contributed by atoms with Crippen LogP contribution in [0.25, 0.3) is 11.3 Å². The molecule has 27 heavy (non-hydrogen) atoms. The lowest BCUT2D eigenvalue weighted by atomic mass is 10.1. The molecule has 8 heteroatoms. The van der Waals surface area contributed by atoms with Gasteiger partial charge >= 0.3 is 0 Å². The van der Waals surface area contributed by atoms with Crippen LogP contribution in [0, 0.1) is 18.3 Å². The first-order valence-electron chi connectivity index (χ1n) is 8.38. The molecule has 0 unspecified atom stereocenters. The number of carbonyl (C=O) groups excluding carboxylic acids is 1. The van der Waals surface area contributed by atoms with Crippen molar-refractivity contribution in [2.24, 2.45) is 5.10 Å². The molecule has 1 N–H and O–H groups in total. The zero-order chi connectivity index (χ0) is 19.1. The molecule has 2 aromatic heterocycles. The lowest BCUT2D eigenvalue weighted by molar-refractivity contribution is -0.120. The van der Waals surface area contributed by atoms with Crippen molar-refractivity contribution in [3.05, 3.63) is 58.2 Å². The number of rotatable bonds is 7. The standard InChI is InChI=1S/C19H18N6OS/c1-14-22-17(13-27-14)10-18(26)23-21-11-16-12-25(9-5-8-20)24-19(16)15-6-3-2-4-7-15/h2-4,6-7,11-13H,5,9-10H2,1H3,(H,23,26)/b21-11-. The van der Waals surface area contributed by atoms with Crippen molar-refractivity contribution in [1.82, 2.24) is 20.2 Å². The maximum Gasteiger partial charge on any atom is 0.246 e. The SMILES string of the molecule is Cc1nc(CC(=O)N/N=C\c2cn(CCC#N)nc2-c2ccccc2)cs1. The molecule has 0 bridgehead atoms. The maximum absolute atomic E-state index is 12.0. The number of hydrogen-bond donors (Lipinski definition) is 1. The Morgan fingerprint density at radius 2 is 2.22 bits per heavy atom. The fourth-order valence-electron chi connectivity index (χ4n) is 2.50. The molecule has 0 aliphatic rings. The fraction of sp³-hybridized carbons (Fsp3) is 0.211. The van der Waals surface area contributed by atoms with Crippen LogP contribution in [-0.4, -0.2) is 26.9 Å². The number of carbonyl (C=O) groups is 1. The van der Waals surface area contributed by atoms with Gasteiger partial charge in [0.25, 0.3) is 0 Å². The summed E-state index contributed by atoms with van der Waals surface area (Å²) in [4.78, 5) is 16.3. The second-order valence-corrected chi connectivity index (χ2v) is 6.86. The smallest absolute Gasteiger partial charge is 0.246 e. The summed E-state index contributed by atoms with van der Waals surface area (Å²) in [7, 11) is 0. The number of amides is 1. The molecular formula is C19H18N6OS. The van der Waals surface area contributed by atoms with E-state index in [1.807, 2.05) is 48.8 Å². The molecule has 0 saturated heterocycles. The number of benzene rings is 1. The van der Waals surface area contributed by atoms with Crippen LogP contribution in [-0.2, 0) is 17.8 Å². The van der Waals surface area contributed by atoms with Crippen molar-refractivity contribution < 1.29 is 4.79 Å². The zero-order valence-electron chi connectivity index (χ0n) is 14.8. The van der Waals surface area contributed by atoms with Crippen LogP contribution in [0.15, 0.2) is 47.0 Å². The summed E-state index contributed by atoms with van der Waals surface area (Å²) in [5, 5.41) is 20.2. The van der Waals surface area contributed by atoms with Crippen molar-refractivity contribution in [2.75, 3.05) is 0 Å². The Bertz CT molecular complexity index is 983. The van der Waals surface area contributed by atoms with Gasteiger partial charge in [0.1, 0.15) is 5.69 Å². The van der Waals surface area contributed by atoms with Gasteiger partial charge in [-0.15, -0.1) is 11.3 Å². The maximum atomic E-state index is 12.0. The average molecular weight is 378 g/mol. The van der Waals surface area contributed by atoms with Crippen LogP contribution < -0.4 is 5.43 Å². The minimum Gasteiger partial charge on any atom is -0.273 e. The summed E-state index contributed by atoms with van der Waals surface area (Å²) in [6.45, 7) is 2.40. The first-order chi connectivity index (χ1) is 13.2. The van der Waals surface area contributed by atoms with E-state index in [1.165, 1.54) is 11.3 Å². The third-order valence-corrected chi connectivity index (χ3v) is 4.51. The summed E-state index contributed by atoms with van der Waals surface area (Å²) >= 11 is 1.51. The molecule has 7 nitrogen and oxygen atoms in total. The van der Waals surface area contributed by atoms with Crippen molar-refractivity contribution in [2.45, 2.75) is 26.3 Å². The summed E-state index contributed by atoms with van der Waals surface area (Å²) in [6, 6.07) is 11.8. The van der Waals surface area contributed by atoms with Crippen LogP contribution in [0.1, 0.15) is 22.7 Å². The Balaban J connectivity index is 1.72. The van der Waals surface area contributed by atoms with E-state index in [0.29, 0.717) is 13.0 Å². The molecule has 0 fully saturated rings. The highest BCUT2D eigenvalue weighted by molar-refractivity contribution is 7.09. The van der Waals surface area contributed by atoms with E-state index in [1.54, 1.807) is 10.9 Å². The molecule has 1 amide bonds. The second-order valence-electron chi connectivity index (χ2n) is 5.80. The monoisotopic (exact) mass is 378 g/mol. The quantitative estimate of drug-likeness (QED) is 0.505. The molecule has 0 aliphatic heterocycles. The molecule has 0 radical (unpaired) electrons. The number of nitriles is 1. The molecule has 1 aromatic carbocycles. The molecule has 136 valence electrons. The van der Waals surface area contributed by atoms with Gasteiger partial charge in [0.2, 0.25) is 5.91 Å². The van der Waals surface area contributed by atoms with Crippen LogP contribution in [0.5, 0.6) is 0 Å². The highest BCUT2D eigenvalue weighted by atomic mass is 32.1. The molecule has 3 rings (SSSR count). The largest absolute Gasteiger partial charge is 0.273 e. The van der Waals surface area contributed by atoms with Crippen molar-refractivity contribution >= 4 is 23.5 Å². The average Bonchev–Trinajstić information content (AvgIpc) is 3.26. The molecule has 0 spiro atoms. The number of aromatic nitrogens is 3. The van der Waals surface area contributed by atoms with E-state index in [9.17, 15) is 4.79 Å². The predicted molar refractivity (Wildman–Crippen MR) is 104 cm³/mol. The van der Waals surface area contributed by atoms with Gasteiger partial charge in [-0.1, -0.05) is 30.3 Å². The van der Waals surface area contributed by atoms with Gasteiger partial charge in [-0.3, -0.25) is 9.48 Å². The van der Waals surface area contributed by atoms with Crippen molar-refractivity contribution in [1.29, 1.82) is 5.26 Å². The lowest BCUT2D eigenvalue weighted by Gasteiger charge is -1.99. The van der Waals surface area contributed by atoms with Gasteiger partial charge in [0, 0.05) is 22.7 Å². The third-order valence-electron chi connectivity index (χ3n) is 3.69. The minimum atomic E-state index is -0.227. The first kappa shape index (κ1) is 18.5. The minimum absolute atomic E-state index is 0.189. The van der Waals surface area contributed by atoms with Crippen molar-refractivity contribution in [3.8, 4) is 17.3 Å². The summed E-state index contributed by atoms with van der Waals surface area (Å²) < 4.78 is 1.72.